The quantitative estimate of drug-likeness (QED) is 0.894. The number of nitrogens with zero attached hydrogens (tertiary/aromatic N) is 1. The van der Waals surface area contributed by atoms with Gasteiger partial charge in [0.2, 0.25) is 0 Å². The molecule has 0 radical (unpaired) electrons. The van der Waals surface area contributed by atoms with Crippen LogP contribution in [-0.4, -0.2) is 12.3 Å². The van der Waals surface area contributed by atoms with Gasteiger partial charge in [0.05, 0.1) is 12.8 Å². The minimum Gasteiger partial charge on any atom is -0.497 e. The van der Waals surface area contributed by atoms with Gasteiger partial charge < -0.3 is 15.0 Å². The van der Waals surface area contributed by atoms with Crippen molar-refractivity contribution in [2.75, 3.05) is 7.11 Å². The van der Waals surface area contributed by atoms with Crippen molar-refractivity contribution in [3.05, 3.63) is 36.0 Å². The van der Waals surface area contributed by atoms with E-state index in [2.05, 4.69) is 5.16 Å². The summed E-state index contributed by atoms with van der Waals surface area (Å²) in [4.78, 5) is 0. The van der Waals surface area contributed by atoms with Crippen LogP contribution in [0.4, 0.5) is 0 Å². The average Bonchev–Trinajstić information content (AvgIpc) is 2.78. The monoisotopic (exact) mass is 240 g/mol. The van der Waals surface area contributed by atoms with Crippen molar-refractivity contribution in [3.63, 3.8) is 0 Å². The highest BCUT2D eigenvalue weighted by atomic mass is 35.5. The van der Waals surface area contributed by atoms with E-state index in [4.69, 9.17) is 15.0 Å². The van der Waals surface area contributed by atoms with E-state index in [1.165, 1.54) is 0 Å². The zero-order valence-corrected chi connectivity index (χ0v) is 9.66. The van der Waals surface area contributed by atoms with Crippen LogP contribution in [-0.2, 0) is 6.54 Å². The molecule has 0 aliphatic carbocycles. The first-order valence-corrected chi connectivity index (χ1v) is 4.63. The Balaban J connectivity index is 0.00000128. The Morgan fingerprint density at radius 1 is 1.38 bits per heavy atom. The molecule has 86 valence electrons. The summed E-state index contributed by atoms with van der Waals surface area (Å²) in [6, 6.07) is 9.43. The van der Waals surface area contributed by atoms with E-state index >= 15 is 0 Å². The Labute approximate surface area is 99.8 Å². The third-order valence-corrected chi connectivity index (χ3v) is 2.12. The SMILES string of the molecule is COc1cccc(-c2cc(CN)no2)c1.Cl. The van der Waals surface area contributed by atoms with Gasteiger partial charge in [0.1, 0.15) is 5.75 Å². The van der Waals surface area contributed by atoms with Crippen molar-refractivity contribution < 1.29 is 9.26 Å². The smallest absolute Gasteiger partial charge is 0.167 e. The number of methoxy groups -OCH3 is 1. The molecule has 0 bridgehead atoms. The van der Waals surface area contributed by atoms with Crippen LogP contribution in [0.2, 0.25) is 0 Å². The summed E-state index contributed by atoms with van der Waals surface area (Å²) in [5.74, 6) is 1.49. The molecule has 0 aliphatic rings. The van der Waals surface area contributed by atoms with E-state index in [0.717, 1.165) is 17.0 Å². The fraction of sp³-hybridized carbons (Fsp3) is 0.182. The first kappa shape index (κ1) is 12.5. The van der Waals surface area contributed by atoms with Gasteiger partial charge in [-0.05, 0) is 12.1 Å². The van der Waals surface area contributed by atoms with Crippen molar-refractivity contribution in [1.29, 1.82) is 0 Å². The maximum absolute atomic E-state index is 5.45. The van der Waals surface area contributed by atoms with Crippen molar-refractivity contribution in [2.45, 2.75) is 6.54 Å². The highest BCUT2D eigenvalue weighted by Gasteiger charge is 2.06. The molecule has 0 aliphatic heterocycles. The second kappa shape index (κ2) is 5.53. The summed E-state index contributed by atoms with van der Waals surface area (Å²) in [7, 11) is 1.63. The summed E-state index contributed by atoms with van der Waals surface area (Å²) >= 11 is 0. The van der Waals surface area contributed by atoms with Gasteiger partial charge in [-0.15, -0.1) is 12.4 Å². The van der Waals surface area contributed by atoms with E-state index in [1.807, 2.05) is 30.3 Å². The maximum atomic E-state index is 5.45. The minimum atomic E-state index is 0. The number of hydrogen-bond acceptors (Lipinski definition) is 4. The van der Waals surface area contributed by atoms with E-state index in [1.54, 1.807) is 7.11 Å². The highest BCUT2D eigenvalue weighted by molar-refractivity contribution is 5.85. The fourth-order valence-electron chi connectivity index (χ4n) is 1.32. The number of aromatic nitrogens is 1. The molecule has 0 spiro atoms. The van der Waals surface area contributed by atoms with Gasteiger partial charge >= 0.3 is 0 Å². The number of halogens is 1. The number of hydrogen-bond donors (Lipinski definition) is 1. The van der Waals surface area contributed by atoms with Gasteiger partial charge in [0, 0.05) is 18.2 Å². The average molecular weight is 241 g/mol. The summed E-state index contributed by atoms with van der Waals surface area (Å²) in [5, 5.41) is 3.83. The van der Waals surface area contributed by atoms with Crippen molar-refractivity contribution in [1.82, 2.24) is 5.16 Å². The lowest BCUT2D eigenvalue weighted by molar-refractivity contribution is 0.412. The summed E-state index contributed by atoms with van der Waals surface area (Å²) < 4.78 is 10.3. The van der Waals surface area contributed by atoms with Gasteiger partial charge in [-0.25, -0.2) is 0 Å². The van der Waals surface area contributed by atoms with E-state index in [9.17, 15) is 0 Å². The zero-order chi connectivity index (χ0) is 10.7. The molecular formula is C11H13ClN2O2. The van der Waals surface area contributed by atoms with Crippen LogP contribution in [0.25, 0.3) is 11.3 Å². The van der Waals surface area contributed by atoms with Gasteiger partial charge in [-0.3, -0.25) is 0 Å². The van der Waals surface area contributed by atoms with Gasteiger partial charge in [0.25, 0.3) is 0 Å². The number of ether oxygens (including phenoxy) is 1. The van der Waals surface area contributed by atoms with Crippen LogP contribution in [0.1, 0.15) is 5.69 Å². The largest absolute Gasteiger partial charge is 0.497 e. The molecule has 1 aromatic heterocycles. The summed E-state index contributed by atoms with van der Waals surface area (Å²) in [5.41, 5.74) is 7.13. The topological polar surface area (TPSA) is 61.3 Å². The predicted molar refractivity (Wildman–Crippen MR) is 63.6 cm³/mol. The van der Waals surface area contributed by atoms with Crippen molar-refractivity contribution in [3.8, 4) is 17.1 Å². The Hall–Kier alpha value is -1.52. The maximum Gasteiger partial charge on any atom is 0.167 e. The molecule has 0 unspecified atom stereocenters. The van der Waals surface area contributed by atoms with Gasteiger partial charge in [-0.2, -0.15) is 0 Å². The second-order valence-corrected chi connectivity index (χ2v) is 3.12. The first-order chi connectivity index (χ1) is 7.33. The normalized spacial score (nSPS) is 9.62. The van der Waals surface area contributed by atoms with Crippen LogP contribution < -0.4 is 10.5 Å². The lowest BCUT2D eigenvalue weighted by atomic mass is 10.1. The Kier molecular flexibility index (Phi) is 4.34. The molecular weight excluding hydrogens is 228 g/mol. The lowest BCUT2D eigenvalue weighted by Crippen LogP contribution is -1.94. The molecule has 2 rings (SSSR count). The molecule has 1 aromatic carbocycles. The molecule has 2 N–H and O–H groups in total. The third-order valence-electron chi connectivity index (χ3n) is 2.12. The minimum absolute atomic E-state index is 0. The predicted octanol–water partition coefficient (Wildman–Crippen LogP) is 2.23. The lowest BCUT2D eigenvalue weighted by Gasteiger charge is -2.00. The van der Waals surface area contributed by atoms with Crippen molar-refractivity contribution >= 4 is 12.4 Å². The third kappa shape index (κ3) is 2.53. The van der Waals surface area contributed by atoms with Crippen LogP contribution >= 0.6 is 12.4 Å². The number of nitrogens with two attached hydrogens (primary N) is 1. The Morgan fingerprint density at radius 3 is 2.81 bits per heavy atom. The van der Waals surface area contributed by atoms with E-state index in [-0.39, 0.29) is 12.4 Å². The molecule has 5 heteroatoms. The molecule has 2 aromatic rings. The molecule has 0 saturated heterocycles. The van der Waals surface area contributed by atoms with Gasteiger partial charge in [0.15, 0.2) is 5.76 Å². The second-order valence-electron chi connectivity index (χ2n) is 3.12. The van der Waals surface area contributed by atoms with Crippen molar-refractivity contribution in [2.24, 2.45) is 5.73 Å². The fourth-order valence-corrected chi connectivity index (χ4v) is 1.32. The highest BCUT2D eigenvalue weighted by Crippen LogP contribution is 2.24. The van der Waals surface area contributed by atoms with Crippen LogP contribution in [0.5, 0.6) is 5.75 Å². The molecule has 0 amide bonds. The molecule has 0 saturated carbocycles. The van der Waals surface area contributed by atoms with Crippen LogP contribution in [0, 0.1) is 0 Å². The van der Waals surface area contributed by atoms with Crippen LogP contribution in [0.3, 0.4) is 0 Å². The Morgan fingerprint density at radius 2 is 2.19 bits per heavy atom. The number of benzene rings is 1. The molecule has 0 fully saturated rings. The molecule has 0 atom stereocenters. The first-order valence-electron chi connectivity index (χ1n) is 4.63. The van der Waals surface area contributed by atoms with Crippen LogP contribution in [0.15, 0.2) is 34.9 Å². The standard InChI is InChI=1S/C11H12N2O2.ClH/c1-14-10-4-2-3-8(5-10)11-6-9(7-12)13-15-11;/h2-6H,7,12H2,1H3;1H. The summed E-state index contributed by atoms with van der Waals surface area (Å²) in [6.07, 6.45) is 0. The molecule has 4 nitrogen and oxygen atoms in total. The van der Waals surface area contributed by atoms with E-state index in [0.29, 0.717) is 12.3 Å². The van der Waals surface area contributed by atoms with Gasteiger partial charge in [-0.1, -0.05) is 17.3 Å². The van der Waals surface area contributed by atoms with E-state index < -0.39 is 0 Å². The summed E-state index contributed by atoms with van der Waals surface area (Å²) in [6.45, 7) is 0.382. The number of rotatable bonds is 3. The molecule has 16 heavy (non-hydrogen) atoms. The molecule has 1 heterocycles. The Bertz CT molecular complexity index is 457. The zero-order valence-electron chi connectivity index (χ0n) is 8.84.